The van der Waals surface area contributed by atoms with E-state index in [2.05, 4.69) is 239 Å². The van der Waals surface area contributed by atoms with Gasteiger partial charge in [-0.15, -0.1) is 11.3 Å². The fourth-order valence-corrected chi connectivity index (χ4v) is 9.57. The Morgan fingerprint density at radius 2 is 0.741 bits per heavy atom. The number of benzene rings is 9. The third-order valence-electron chi connectivity index (χ3n) is 11.1. The van der Waals surface area contributed by atoms with E-state index >= 15 is 0 Å². The summed E-state index contributed by atoms with van der Waals surface area (Å²) in [5, 5.41) is 5.10. The molecule has 0 aliphatic carbocycles. The van der Waals surface area contributed by atoms with Crippen LogP contribution in [0.2, 0.25) is 0 Å². The van der Waals surface area contributed by atoms with Crippen LogP contribution in [0.3, 0.4) is 0 Å². The van der Waals surface area contributed by atoms with Crippen LogP contribution in [0.15, 0.2) is 224 Å². The van der Waals surface area contributed by atoms with Gasteiger partial charge in [-0.05, 0) is 120 Å². The minimum absolute atomic E-state index is 1.10. The van der Waals surface area contributed by atoms with Crippen molar-refractivity contribution in [3.05, 3.63) is 224 Å². The van der Waals surface area contributed by atoms with Gasteiger partial charge in [0.2, 0.25) is 0 Å². The number of rotatable bonds is 8. The van der Waals surface area contributed by atoms with Crippen LogP contribution in [0.5, 0.6) is 0 Å². The van der Waals surface area contributed by atoms with Crippen molar-refractivity contribution in [3.8, 4) is 16.8 Å². The molecule has 3 nitrogen and oxygen atoms in total. The van der Waals surface area contributed by atoms with Gasteiger partial charge in [0.25, 0.3) is 0 Å². The summed E-state index contributed by atoms with van der Waals surface area (Å²) in [6, 6.07) is 80.9. The average Bonchev–Trinajstić information content (AvgIpc) is 3.82. The molecular weight excluding hydrogens is 723 g/mol. The first-order chi connectivity index (χ1) is 28.8. The standard InChI is InChI=1S/C54H37N3S/c1-5-15-40(16-6-1)55(41-17-7-2-8-18-41)44-29-25-38(26-30-44)39-27-31-45(32-28-39)56(42-19-9-3-10-20-42)46-33-34-51-48(35-46)49-36-50-47-23-13-14-24-53(47)58-54(50)37-52(49)57(51)43-21-11-4-12-22-43/h1-37H. The summed E-state index contributed by atoms with van der Waals surface area (Å²) in [6.07, 6.45) is 0. The maximum absolute atomic E-state index is 2.42. The molecular formula is C54H37N3S. The number of nitrogens with zero attached hydrogens (tertiary/aromatic N) is 3. The van der Waals surface area contributed by atoms with Crippen LogP contribution in [-0.2, 0) is 0 Å². The number of aromatic nitrogens is 1. The van der Waals surface area contributed by atoms with Crippen LogP contribution >= 0.6 is 11.3 Å². The lowest BCUT2D eigenvalue weighted by molar-refractivity contribution is 1.18. The average molecular weight is 760 g/mol. The van der Waals surface area contributed by atoms with E-state index in [1.54, 1.807) is 0 Å². The summed E-state index contributed by atoms with van der Waals surface area (Å²) in [6.45, 7) is 0. The van der Waals surface area contributed by atoms with Crippen LogP contribution in [0.25, 0.3) is 58.8 Å². The molecule has 2 aromatic heterocycles. The van der Waals surface area contributed by atoms with Gasteiger partial charge in [0.05, 0.1) is 11.0 Å². The van der Waals surface area contributed by atoms with Gasteiger partial charge in [-0.25, -0.2) is 0 Å². The van der Waals surface area contributed by atoms with E-state index in [1.165, 1.54) is 53.1 Å². The third-order valence-corrected chi connectivity index (χ3v) is 12.3. The van der Waals surface area contributed by atoms with Crippen molar-refractivity contribution in [2.24, 2.45) is 0 Å². The fourth-order valence-electron chi connectivity index (χ4n) is 8.45. The molecule has 11 rings (SSSR count). The summed E-state index contributed by atoms with van der Waals surface area (Å²) in [4.78, 5) is 4.66. The van der Waals surface area contributed by atoms with Crippen molar-refractivity contribution in [2.75, 3.05) is 9.80 Å². The van der Waals surface area contributed by atoms with Crippen molar-refractivity contribution < 1.29 is 0 Å². The van der Waals surface area contributed by atoms with Gasteiger partial charge in [0.15, 0.2) is 0 Å². The zero-order valence-electron chi connectivity index (χ0n) is 31.6. The zero-order valence-corrected chi connectivity index (χ0v) is 32.4. The monoisotopic (exact) mass is 759 g/mol. The Labute approximate surface area is 341 Å². The highest BCUT2D eigenvalue weighted by Crippen LogP contribution is 2.44. The molecule has 0 unspecified atom stereocenters. The van der Waals surface area contributed by atoms with Crippen LogP contribution in [0.4, 0.5) is 34.1 Å². The molecule has 58 heavy (non-hydrogen) atoms. The van der Waals surface area contributed by atoms with Gasteiger partial charge in [-0.3, -0.25) is 0 Å². The van der Waals surface area contributed by atoms with E-state index in [-0.39, 0.29) is 0 Å². The summed E-state index contributed by atoms with van der Waals surface area (Å²) in [5.74, 6) is 0. The van der Waals surface area contributed by atoms with Gasteiger partial charge in [0.1, 0.15) is 0 Å². The minimum Gasteiger partial charge on any atom is -0.311 e. The highest BCUT2D eigenvalue weighted by Gasteiger charge is 2.19. The Balaban J connectivity index is 1.00. The van der Waals surface area contributed by atoms with Crippen molar-refractivity contribution >= 4 is 87.4 Å². The first kappa shape index (κ1) is 33.9. The number of para-hydroxylation sites is 4. The van der Waals surface area contributed by atoms with Gasteiger partial charge < -0.3 is 14.4 Å². The predicted octanol–water partition coefficient (Wildman–Crippen LogP) is 15.8. The molecule has 0 aliphatic rings. The third kappa shape index (κ3) is 5.90. The van der Waals surface area contributed by atoms with Crippen LogP contribution in [0, 0.1) is 0 Å². The molecule has 0 bridgehead atoms. The summed E-state index contributed by atoms with van der Waals surface area (Å²) in [7, 11) is 0. The SMILES string of the molecule is c1ccc(N(c2ccccc2)c2ccc(-c3ccc(N(c4ccccc4)c4ccc5c(c4)c4cc6c(cc4n5-c4ccccc4)sc4ccccc46)cc3)cc2)cc1. The molecule has 0 saturated heterocycles. The van der Waals surface area contributed by atoms with Crippen molar-refractivity contribution in [1.29, 1.82) is 0 Å². The van der Waals surface area contributed by atoms with Crippen molar-refractivity contribution in [1.82, 2.24) is 4.57 Å². The predicted molar refractivity (Wildman–Crippen MR) is 248 cm³/mol. The molecule has 0 saturated carbocycles. The van der Waals surface area contributed by atoms with Crippen molar-refractivity contribution in [2.45, 2.75) is 0 Å². The lowest BCUT2D eigenvalue weighted by Gasteiger charge is -2.26. The van der Waals surface area contributed by atoms with E-state index in [4.69, 9.17) is 0 Å². The molecule has 0 atom stereocenters. The number of anilines is 6. The Morgan fingerprint density at radius 3 is 1.31 bits per heavy atom. The Kier molecular flexibility index (Phi) is 8.34. The van der Waals surface area contributed by atoms with Crippen LogP contribution in [-0.4, -0.2) is 4.57 Å². The summed E-state index contributed by atoms with van der Waals surface area (Å²) in [5.41, 5.74) is 12.6. The van der Waals surface area contributed by atoms with E-state index in [0.29, 0.717) is 0 Å². The second-order valence-electron chi connectivity index (χ2n) is 14.6. The topological polar surface area (TPSA) is 11.4 Å². The minimum atomic E-state index is 1.10. The lowest BCUT2D eigenvalue weighted by atomic mass is 10.0. The smallest absolute Gasteiger partial charge is 0.0555 e. The van der Waals surface area contributed by atoms with E-state index in [9.17, 15) is 0 Å². The molecule has 0 radical (unpaired) electrons. The largest absolute Gasteiger partial charge is 0.311 e. The Bertz CT molecular complexity index is 3150. The number of thiophene rings is 1. The second-order valence-corrected chi connectivity index (χ2v) is 15.7. The molecule has 0 spiro atoms. The van der Waals surface area contributed by atoms with E-state index in [1.807, 2.05) is 11.3 Å². The summed E-state index contributed by atoms with van der Waals surface area (Å²) < 4.78 is 5.04. The fraction of sp³-hybridized carbons (Fsp3) is 0. The molecule has 4 heteroatoms. The summed E-state index contributed by atoms with van der Waals surface area (Å²) >= 11 is 1.87. The molecule has 0 N–H and O–H groups in total. The molecule has 2 heterocycles. The molecule has 0 aliphatic heterocycles. The van der Waals surface area contributed by atoms with Crippen LogP contribution < -0.4 is 9.80 Å². The molecule has 11 aromatic rings. The van der Waals surface area contributed by atoms with E-state index in [0.717, 1.165) is 39.8 Å². The van der Waals surface area contributed by atoms with Gasteiger partial charge >= 0.3 is 0 Å². The lowest BCUT2D eigenvalue weighted by Crippen LogP contribution is -2.10. The second kappa shape index (κ2) is 14.3. The Hall–Kier alpha value is -7.40. The Morgan fingerprint density at radius 1 is 0.293 bits per heavy atom. The zero-order chi connectivity index (χ0) is 38.4. The van der Waals surface area contributed by atoms with Crippen LogP contribution in [0.1, 0.15) is 0 Å². The molecule has 274 valence electrons. The molecule has 0 fully saturated rings. The number of hydrogen-bond acceptors (Lipinski definition) is 3. The first-order valence-electron chi connectivity index (χ1n) is 19.7. The van der Waals surface area contributed by atoms with Gasteiger partial charge in [0, 0.05) is 70.8 Å². The molecule has 0 amide bonds. The highest BCUT2D eigenvalue weighted by molar-refractivity contribution is 7.25. The maximum atomic E-state index is 2.42. The first-order valence-corrected chi connectivity index (χ1v) is 20.5. The molecule has 9 aromatic carbocycles. The van der Waals surface area contributed by atoms with Gasteiger partial charge in [-0.1, -0.05) is 115 Å². The normalized spacial score (nSPS) is 11.4. The van der Waals surface area contributed by atoms with Gasteiger partial charge in [-0.2, -0.15) is 0 Å². The van der Waals surface area contributed by atoms with E-state index < -0.39 is 0 Å². The number of hydrogen-bond donors (Lipinski definition) is 0. The quantitative estimate of drug-likeness (QED) is 0.153. The highest BCUT2D eigenvalue weighted by atomic mass is 32.1. The number of fused-ring (bicyclic) bond motifs is 6. The maximum Gasteiger partial charge on any atom is 0.0555 e. The van der Waals surface area contributed by atoms with Crippen molar-refractivity contribution in [3.63, 3.8) is 0 Å².